The minimum Gasteiger partial charge on any atom is -0.397 e. The van der Waals surface area contributed by atoms with Gasteiger partial charge in [0.1, 0.15) is 5.69 Å². The summed E-state index contributed by atoms with van der Waals surface area (Å²) in [5, 5.41) is 8.13. The van der Waals surface area contributed by atoms with E-state index in [1.165, 1.54) is 5.69 Å². The maximum absolute atomic E-state index is 5.87. The number of anilines is 2. The number of fused-ring (bicyclic) bond motifs is 2. The first-order valence-electron chi connectivity index (χ1n) is 8.70. The first-order chi connectivity index (χ1) is 12.7. The summed E-state index contributed by atoms with van der Waals surface area (Å²) in [7, 11) is 2.16. The van der Waals surface area contributed by atoms with Crippen molar-refractivity contribution in [3.8, 4) is 11.5 Å². The minimum absolute atomic E-state index is 0.605. The lowest BCUT2D eigenvalue weighted by Crippen LogP contribution is -2.44. The van der Waals surface area contributed by atoms with Gasteiger partial charge in [0.05, 0.1) is 28.3 Å². The summed E-state index contributed by atoms with van der Waals surface area (Å²) in [6, 6.07) is 8.24. The van der Waals surface area contributed by atoms with Crippen molar-refractivity contribution in [1.82, 2.24) is 30.0 Å². The van der Waals surface area contributed by atoms with E-state index in [4.69, 9.17) is 10.7 Å². The van der Waals surface area contributed by atoms with Crippen molar-refractivity contribution in [3.05, 3.63) is 30.5 Å². The van der Waals surface area contributed by atoms with Crippen LogP contribution in [0.3, 0.4) is 0 Å². The molecule has 0 radical (unpaired) electrons. The third-order valence-corrected chi connectivity index (χ3v) is 5.00. The van der Waals surface area contributed by atoms with Crippen LogP contribution in [0.5, 0.6) is 0 Å². The van der Waals surface area contributed by atoms with Crippen LogP contribution in [-0.4, -0.2) is 63.3 Å². The molecular weight excluding hydrogens is 328 g/mol. The second-order valence-corrected chi connectivity index (χ2v) is 6.82. The Morgan fingerprint density at radius 2 is 1.96 bits per heavy atom. The highest BCUT2D eigenvalue weighted by Crippen LogP contribution is 2.28. The van der Waals surface area contributed by atoms with E-state index >= 15 is 0 Å². The maximum atomic E-state index is 5.87. The van der Waals surface area contributed by atoms with Crippen LogP contribution in [0, 0.1) is 0 Å². The lowest BCUT2D eigenvalue weighted by Gasteiger charge is -2.34. The number of hydrogen-bond acceptors (Lipinski definition) is 6. The number of nitrogens with one attached hydrogen (secondary N) is 2. The van der Waals surface area contributed by atoms with Gasteiger partial charge >= 0.3 is 0 Å². The number of nitrogen functional groups attached to an aromatic ring is 1. The van der Waals surface area contributed by atoms with Crippen molar-refractivity contribution in [1.29, 1.82) is 0 Å². The average Bonchev–Trinajstić information content (AvgIpc) is 3.24. The van der Waals surface area contributed by atoms with E-state index in [0.29, 0.717) is 11.3 Å². The van der Waals surface area contributed by atoms with E-state index in [1.807, 2.05) is 6.07 Å². The first kappa shape index (κ1) is 15.2. The lowest BCUT2D eigenvalue weighted by atomic mass is 10.2. The van der Waals surface area contributed by atoms with E-state index in [0.717, 1.165) is 54.1 Å². The summed E-state index contributed by atoms with van der Waals surface area (Å²) < 4.78 is 0. The second-order valence-electron chi connectivity index (χ2n) is 6.82. The van der Waals surface area contributed by atoms with Gasteiger partial charge in [-0.25, -0.2) is 9.97 Å². The van der Waals surface area contributed by atoms with Crippen LogP contribution in [0.4, 0.5) is 11.4 Å². The Labute approximate surface area is 150 Å². The van der Waals surface area contributed by atoms with Crippen molar-refractivity contribution >= 4 is 33.4 Å². The van der Waals surface area contributed by atoms with Gasteiger partial charge in [0, 0.05) is 31.9 Å². The van der Waals surface area contributed by atoms with Crippen LogP contribution < -0.4 is 10.6 Å². The van der Waals surface area contributed by atoms with Crippen LogP contribution >= 0.6 is 0 Å². The average molecular weight is 348 g/mol. The molecule has 0 spiro atoms. The molecule has 3 aromatic heterocycles. The number of imidazole rings is 1. The fourth-order valence-electron chi connectivity index (χ4n) is 3.47. The molecule has 0 amide bonds. The lowest BCUT2D eigenvalue weighted by molar-refractivity contribution is 0.313. The van der Waals surface area contributed by atoms with E-state index in [-0.39, 0.29) is 0 Å². The van der Waals surface area contributed by atoms with Gasteiger partial charge in [-0.15, -0.1) is 0 Å². The summed E-state index contributed by atoms with van der Waals surface area (Å²) in [5.41, 5.74) is 11.1. The van der Waals surface area contributed by atoms with Crippen molar-refractivity contribution < 1.29 is 0 Å². The molecule has 0 aliphatic carbocycles. The Kier molecular flexibility index (Phi) is 3.32. The number of piperazine rings is 1. The molecule has 0 atom stereocenters. The SMILES string of the molecule is CN1CCN(c2ccc3nc(-c4[nH]nc5ncc(N)cc45)[nH]c3c2)CC1. The number of benzene rings is 1. The van der Waals surface area contributed by atoms with Crippen LogP contribution in [0.2, 0.25) is 0 Å². The Morgan fingerprint density at radius 3 is 2.81 bits per heavy atom. The van der Waals surface area contributed by atoms with Crippen molar-refractivity contribution in [2.24, 2.45) is 0 Å². The van der Waals surface area contributed by atoms with Gasteiger partial charge in [-0.3, -0.25) is 5.10 Å². The van der Waals surface area contributed by atoms with E-state index < -0.39 is 0 Å². The van der Waals surface area contributed by atoms with Crippen LogP contribution in [0.15, 0.2) is 30.5 Å². The van der Waals surface area contributed by atoms with Crippen molar-refractivity contribution in [3.63, 3.8) is 0 Å². The molecule has 8 heteroatoms. The minimum atomic E-state index is 0.605. The van der Waals surface area contributed by atoms with Gasteiger partial charge in [0.25, 0.3) is 0 Å². The van der Waals surface area contributed by atoms with Gasteiger partial charge in [-0.05, 0) is 31.3 Å². The van der Waals surface area contributed by atoms with Crippen LogP contribution in [0.25, 0.3) is 33.6 Å². The smallest absolute Gasteiger partial charge is 0.181 e. The summed E-state index contributed by atoms with van der Waals surface area (Å²) in [5.74, 6) is 0.741. The Morgan fingerprint density at radius 1 is 1.12 bits per heavy atom. The predicted octanol–water partition coefficient (Wildman–Crippen LogP) is 1.84. The van der Waals surface area contributed by atoms with Gasteiger partial charge < -0.3 is 20.5 Å². The molecule has 1 fully saturated rings. The summed E-state index contributed by atoms with van der Waals surface area (Å²) in [4.78, 5) is 17.1. The molecule has 1 aliphatic rings. The predicted molar refractivity (Wildman–Crippen MR) is 103 cm³/mol. The molecule has 0 unspecified atom stereocenters. The molecule has 8 nitrogen and oxygen atoms in total. The Balaban J connectivity index is 1.54. The number of pyridine rings is 1. The maximum Gasteiger partial charge on any atom is 0.181 e. The van der Waals surface area contributed by atoms with E-state index in [9.17, 15) is 0 Å². The monoisotopic (exact) mass is 348 g/mol. The molecule has 0 bridgehead atoms. The normalized spacial score (nSPS) is 16.0. The summed E-state index contributed by atoms with van der Waals surface area (Å²) >= 11 is 0. The van der Waals surface area contributed by atoms with E-state index in [2.05, 4.69) is 55.2 Å². The number of rotatable bonds is 2. The number of nitrogens with two attached hydrogens (primary N) is 1. The largest absolute Gasteiger partial charge is 0.397 e. The third-order valence-electron chi connectivity index (χ3n) is 5.00. The fraction of sp³-hybridized carbons (Fsp3) is 0.278. The van der Waals surface area contributed by atoms with Crippen LogP contribution in [-0.2, 0) is 0 Å². The fourth-order valence-corrected chi connectivity index (χ4v) is 3.47. The highest BCUT2D eigenvalue weighted by atomic mass is 15.2. The highest BCUT2D eigenvalue weighted by molar-refractivity contribution is 5.93. The standard InChI is InChI=1S/C18H20N8/c1-25-4-6-26(7-5-25)12-2-3-14-15(9-12)22-18(21-14)16-13-8-11(19)10-20-17(13)24-23-16/h2-3,8-10H,4-7,19H2,1H3,(H,21,22)(H,20,23,24). The van der Waals surface area contributed by atoms with E-state index in [1.54, 1.807) is 6.20 Å². The summed E-state index contributed by atoms with van der Waals surface area (Å²) in [6.45, 7) is 4.25. The van der Waals surface area contributed by atoms with Crippen molar-refractivity contribution in [2.45, 2.75) is 0 Å². The van der Waals surface area contributed by atoms with Gasteiger partial charge in [-0.2, -0.15) is 5.10 Å². The van der Waals surface area contributed by atoms with Crippen LogP contribution in [0.1, 0.15) is 0 Å². The summed E-state index contributed by atoms with van der Waals surface area (Å²) in [6.07, 6.45) is 1.61. The number of likely N-dealkylation sites (N-methyl/N-ethyl adjacent to an activating group) is 1. The molecule has 4 heterocycles. The zero-order chi connectivity index (χ0) is 17.7. The Hall–Kier alpha value is -3.13. The quantitative estimate of drug-likeness (QED) is 0.511. The molecule has 4 aromatic rings. The highest BCUT2D eigenvalue weighted by Gasteiger charge is 2.17. The number of H-pyrrole nitrogens is 2. The second kappa shape index (κ2) is 5.70. The zero-order valence-corrected chi connectivity index (χ0v) is 14.5. The number of aromatic amines is 2. The first-order valence-corrected chi connectivity index (χ1v) is 8.70. The van der Waals surface area contributed by atoms with Gasteiger partial charge in [0.15, 0.2) is 11.5 Å². The topological polar surface area (TPSA) is 103 Å². The molecule has 4 N–H and O–H groups in total. The molecule has 5 rings (SSSR count). The molecule has 1 aromatic carbocycles. The third kappa shape index (κ3) is 2.46. The zero-order valence-electron chi connectivity index (χ0n) is 14.5. The molecule has 132 valence electrons. The number of hydrogen-bond donors (Lipinski definition) is 3. The van der Waals surface area contributed by atoms with Gasteiger partial charge in [-0.1, -0.05) is 0 Å². The molecule has 26 heavy (non-hydrogen) atoms. The Bertz CT molecular complexity index is 1090. The molecule has 1 aliphatic heterocycles. The van der Waals surface area contributed by atoms with Gasteiger partial charge in [0.2, 0.25) is 0 Å². The molecule has 1 saturated heterocycles. The molecular formula is C18H20N8. The number of aromatic nitrogens is 5. The van der Waals surface area contributed by atoms with Crippen molar-refractivity contribution in [2.75, 3.05) is 43.9 Å². The molecule has 0 saturated carbocycles. The number of nitrogens with zero attached hydrogens (tertiary/aromatic N) is 5.